The molecule has 0 radical (unpaired) electrons. The minimum Gasteiger partial charge on any atom is -0.387 e. The van der Waals surface area contributed by atoms with E-state index in [0.29, 0.717) is 0 Å². The largest absolute Gasteiger partial charge is 0.387 e. The Kier molecular flexibility index (Phi) is 3.21. The normalized spacial score (nSPS) is 22.4. The summed E-state index contributed by atoms with van der Waals surface area (Å²) in [5, 5.41) is 13.0. The standard InChI is InChI=1S/C12H15F2NO/c1-7-5-10(14)8(6-9(7)13)12(16)11-3-2-4-15-11/h5-6,11-12,15-16H,2-4H2,1H3. The molecule has 0 amide bonds. The first kappa shape index (κ1) is 11.5. The second-order valence-electron chi connectivity index (χ2n) is 4.27. The van der Waals surface area contributed by atoms with Crippen LogP contribution in [-0.2, 0) is 0 Å². The van der Waals surface area contributed by atoms with Gasteiger partial charge >= 0.3 is 0 Å². The SMILES string of the molecule is Cc1cc(F)c(C(O)C2CCCN2)cc1F. The summed E-state index contributed by atoms with van der Waals surface area (Å²) in [7, 11) is 0. The Balaban J connectivity index is 2.28. The summed E-state index contributed by atoms with van der Waals surface area (Å²) in [5.74, 6) is -1.02. The average molecular weight is 227 g/mol. The molecule has 0 saturated carbocycles. The molecule has 88 valence electrons. The number of rotatable bonds is 2. The maximum Gasteiger partial charge on any atom is 0.129 e. The van der Waals surface area contributed by atoms with Crippen molar-refractivity contribution in [2.24, 2.45) is 0 Å². The zero-order valence-corrected chi connectivity index (χ0v) is 9.13. The van der Waals surface area contributed by atoms with Crippen LogP contribution in [0, 0.1) is 18.6 Å². The van der Waals surface area contributed by atoms with Crippen LogP contribution in [0.3, 0.4) is 0 Å². The van der Waals surface area contributed by atoms with Gasteiger partial charge in [0.25, 0.3) is 0 Å². The fourth-order valence-corrected chi connectivity index (χ4v) is 2.09. The molecule has 16 heavy (non-hydrogen) atoms. The van der Waals surface area contributed by atoms with Gasteiger partial charge < -0.3 is 10.4 Å². The summed E-state index contributed by atoms with van der Waals surface area (Å²) < 4.78 is 26.9. The van der Waals surface area contributed by atoms with Gasteiger partial charge in [0.15, 0.2) is 0 Å². The minimum absolute atomic E-state index is 0.0440. The molecule has 4 heteroatoms. The molecule has 1 heterocycles. The Morgan fingerprint density at radius 1 is 1.38 bits per heavy atom. The maximum atomic E-state index is 13.6. The molecule has 0 spiro atoms. The van der Waals surface area contributed by atoms with Gasteiger partial charge in [-0.25, -0.2) is 8.78 Å². The van der Waals surface area contributed by atoms with E-state index in [4.69, 9.17) is 0 Å². The van der Waals surface area contributed by atoms with Gasteiger partial charge in [-0.05, 0) is 44.0 Å². The van der Waals surface area contributed by atoms with E-state index < -0.39 is 17.7 Å². The zero-order valence-electron chi connectivity index (χ0n) is 9.13. The lowest BCUT2D eigenvalue weighted by atomic mass is 9.99. The number of nitrogens with one attached hydrogen (secondary N) is 1. The topological polar surface area (TPSA) is 32.3 Å². The van der Waals surface area contributed by atoms with Crippen molar-refractivity contribution in [3.05, 3.63) is 34.9 Å². The first-order valence-corrected chi connectivity index (χ1v) is 5.46. The molecular weight excluding hydrogens is 212 g/mol. The number of aryl methyl sites for hydroxylation is 1. The minimum atomic E-state index is -0.974. The molecule has 1 aromatic carbocycles. The lowest BCUT2D eigenvalue weighted by molar-refractivity contribution is 0.133. The van der Waals surface area contributed by atoms with E-state index in [2.05, 4.69) is 5.32 Å². The van der Waals surface area contributed by atoms with E-state index in [-0.39, 0.29) is 17.2 Å². The van der Waals surface area contributed by atoms with Gasteiger partial charge in [-0.2, -0.15) is 0 Å². The molecular formula is C12H15F2NO. The van der Waals surface area contributed by atoms with E-state index in [1.807, 2.05) is 0 Å². The highest BCUT2D eigenvalue weighted by molar-refractivity contribution is 5.27. The van der Waals surface area contributed by atoms with Crippen LogP contribution in [0.25, 0.3) is 0 Å². The molecule has 1 aromatic rings. The number of aliphatic hydroxyl groups excluding tert-OH is 1. The fraction of sp³-hybridized carbons (Fsp3) is 0.500. The van der Waals surface area contributed by atoms with E-state index in [0.717, 1.165) is 31.5 Å². The van der Waals surface area contributed by atoms with Crippen LogP contribution in [0.2, 0.25) is 0 Å². The Morgan fingerprint density at radius 2 is 2.12 bits per heavy atom. The van der Waals surface area contributed by atoms with Crippen LogP contribution in [0.1, 0.15) is 30.1 Å². The number of halogens is 2. The summed E-state index contributed by atoms with van der Waals surface area (Å²) >= 11 is 0. The summed E-state index contributed by atoms with van der Waals surface area (Å²) in [6.07, 6.45) is 0.769. The average Bonchev–Trinajstić information content (AvgIpc) is 2.75. The Bertz CT molecular complexity index is 389. The smallest absolute Gasteiger partial charge is 0.129 e. The first-order valence-electron chi connectivity index (χ1n) is 5.46. The van der Waals surface area contributed by atoms with Gasteiger partial charge in [0.2, 0.25) is 0 Å². The van der Waals surface area contributed by atoms with E-state index in [1.165, 1.54) is 6.92 Å². The molecule has 2 nitrogen and oxygen atoms in total. The van der Waals surface area contributed by atoms with Crippen molar-refractivity contribution in [3.63, 3.8) is 0 Å². The van der Waals surface area contributed by atoms with Crippen molar-refractivity contribution in [2.75, 3.05) is 6.54 Å². The van der Waals surface area contributed by atoms with Gasteiger partial charge in [0.1, 0.15) is 11.6 Å². The third-order valence-electron chi connectivity index (χ3n) is 3.08. The number of hydrogen-bond donors (Lipinski definition) is 2. The van der Waals surface area contributed by atoms with Gasteiger partial charge in [0.05, 0.1) is 6.10 Å². The summed E-state index contributed by atoms with van der Waals surface area (Å²) in [6, 6.07) is 2.05. The number of benzene rings is 1. The van der Waals surface area contributed by atoms with E-state index in [1.54, 1.807) is 0 Å². The second-order valence-corrected chi connectivity index (χ2v) is 4.27. The molecule has 1 aliphatic heterocycles. The molecule has 2 N–H and O–H groups in total. The molecule has 2 rings (SSSR count). The molecule has 1 saturated heterocycles. The highest BCUT2D eigenvalue weighted by atomic mass is 19.1. The second kappa shape index (κ2) is 4.47. The summed E-state index contributed by atoms with van der Waals surface area (Å²) in [5.41, 5.74) is 0.301. The lowest BCUT2D eigenvalue weighted by Crippen LogP contribution is -2.29. The number of aliphatic hydroxyl groups is 1. The Morgan fingerprint density at radius 3 is 2.75 bits per heavy atom. The Labute approximate surface area is 93.3 Å². The highest BCUT2D eigenvalue weighted by Crippen LogP contribution is 2.26. The van der Waals surface area contributed by atoms with Crippen molar-refractivity contribution in [3.8, 4) is 0 Å². The summed E-state index contributed by atoms with van der Waals surface area (Å²) in [4.78, 5) is 0. The van der Waals surface area contributed by atoms with Crippen molar-refractivity contribution in [1.82, 2.24) is 5.32 Å². The molecule has 2 unspecified atom stereocenters. The van der Waals surface area contributed by atoms with Crippen molar-refractivity contribution in [1.29, 1.82) is 0 Å². The van der Waals surface area contributed by atoms with E-state index in [9.17, 15) is 13.9 Å². The van der Waals surface area contributed by atoms with E-state index >= 15 is 0 Å². The van der Waals surface area contributed by atoms with Crippen LogP contribution < -0.4 is 5.32 Å². The van der Waals surface area contributed by atoms with Crippen molar-refractivity contribution in [2.45, 2.75) is 31.9 Å². The van der Waals surface area contributed by atoms with Crippen LogP contribution in [0.5, 0.6) is 0 Å². The lowest BCUT2D eigenvalue weighted by Gasteiger charge is -2.19. The van der Waals surface area contributed by atoms with Gasteiger partial charge in [-0.15, -0.1) is 0 Å². The third kappa shape index (κ3) is 2.08. The maximum absolute atomic E-state index is 13.6. The predicted octanol–water partition coefficient (Wildman–Crippen LogP) is 2.06. The summed E-state index contributed by atoms with van der Waals surface area (Å²) in [6.45, 7) is 2.32. The molecule has 0 aromatic heterocycles. The first-order chi connectivity index (χ1) is 7.59. The molecule has 0 aliphatic carbocycles. The van der Waals surface area contributed by atoms with Crippen molar-refractivity contribution >= 4 is 0 Å². The molecule has 1 aliphatic rings. The quantitative estimate of drug-likeness (QED) is 0.810. The molecule has 2 atom stereocenters. The van der Waals surface area contributed by atoms with Crippen LogP contribution in [0.15, 0.2) is 12.1 Å². The third-order valence-corrected chi connectivity index (χ3v) is 3.08. The molecule has 1 fully saturated rings. The highest BCUT2D eigenvalue weighted by Gasteiger charge is 2.26. The fourth-order valence-electron chi connectivity index (χ4n) is 2.09. The Hall–Kier alpha value is -1.00. The predicted molar refractivity (Wildman–Crippen MR) is 57.1 cm³/mol. The van der Waals surface area contributed by atoms with Crippen molar-refractivity contribution < 1.29 is 13.9 Å². The van der Waals surface area contributed by atoms with Gasteiger partial charge in [0, 0.05) is 11.6 Å². The molecule has 0 bridgehead atoms. The van der Waals surface area contributed by atoms with Crippen LogP contribution >= 0.6 is 0 Å². The van der Waals surface area contributed by atoms with Crippen LogP contribution in [-0.4, -0.2) is 17.7 Å². The van der Waals surface area contributed by atoms with Gasteiger partial charge in [-0.3, -0.25) is 0 Å². The van der Waals surface area contributed by atoms with Crippen LogP contribution in [0.4, 0.5) is 8.78 Å². The zero-order chi connectivity index (χ0) is 11.7. The van der Waals surface area contributed by atoms with Gasteiger partial charge in [-0.1, -0.05) is 0 Å². The monoisotopic (exact) mass is 227 g/mol. The number of hydrogen-bond acceptors (Lipinski definition) is 2.